The van der Waals surface area contributed by atoms with Crippen molar-refractivity contribution in [3.05, 3.63) is 93.8 Å². The molecule has 0 saturated carbocycles. The van der Waals surface area contributed by atoms with E-state index in [-0.39, 0.29) is 24.4 Å². The van der Waals surface area contributed by atoms with Gasteiger partial charge in [0, 0.05) is 31.0 Å². The molecule has 1 unspecified atom stereocenters. The molecule has 4 nitrogen and oxygen atoms in total. The lowest BCUT2D eigenvalue weighted by Crippen LogP contribution is -2.23. The summed E-state index contributed by atoms with van der Waals surface area (Å²) in [5.74, 6) is -0.0155. The van der Waals surface area contributed by atoms with E-state index >= 15 is 0 Å². The number of carbonyl (C=O) groups is 1. The first-order valence-corrected chi connectivity index (χ1v) is 9.87. The van der Waals surface area contributed by atoms with Crippen molar-refractivity contribution in [2.75, 3.05) is 0 Å². The number of nitrogens with one attached hydrogen (secondary N) is 2. The molecule has 1 amide bonds. The number of halogens is 1. The van der Waals surface area contributed by atoms with Gasteiger partial charge in [-0.15, -0.1) is 12.4 Å². The van der Waals surface area contributed by atoms with E-state index < -0.39 is 0 Å². The summed E-state index contributed by atoms with van der Waals surface area (Å²) < 4.78 is 2.24. The highest BCUT2D eigenvalue weighted by atomic mass is 35.5. The van der Waals surface area contributed by atoms with Crippen LogP contribution < -0.4 is 10.6 Å². The van der Waals surface area contributed by atoms with E-state index in [9.17, 15) is 4.79 Å². The molecule has 2 aromatic carbocycles. The number of fused-ring (bicyclic) bond motifs is 1. The van der Waals surface area contributed by atoms with Gasteiger partial charge in [0.15, 0.2) is 0 Å². The fraction of sp³-hybridized carbons (Fsp3) is 0.292. The first-order valence-electron chi connectivity index (χ1n) is 9.87. The van der Waals surface area contributed by atoms with Gasteiger partial charge in [-0.3, -0.25) is 4.79 Å². The molecule has 0 spiro atoms. The Morgan fingerprint density at radius 1 is 1.07 bits per heavy atom. The van der Waals surface area contributed by atoms with Crippen LogP contribution in [-0.2, 0) is 19.6 Å². The lowest BCUT2D eigenvalue weighted by atomic mass is 10.1. The predicted molar refractivity (Wildman–Crippen MR) is 120 cm³/mol. The molecule has 4 rings (SSSR count). The molecule has 1 aromatic heterocycles. The van der Waals surface area contributed by atoms with Crippen molar-refractivity contribution in [3.8, 4) is 0 Å². The number of aryl methyl sites for hydroxylation is 1. The minimum Gasteiger partial charge on any atom is -0.348 e. The van der Waals surface area contributed by atoms with E-state index in [2.05, 4.69) is 71.5 Å². The van der Waals surface area contributed by atoms with Crippen molar-refractivity contribution in [1.82, 2.24) is 15.2 Å². The third-order valence-electron chi connectivity index (χ3n) is 5.75. The summed E-state index contributed by atoms with van der Waals surface area (Å²) >= 11 is 0. The van der Waals surface area contributed by atoms with Gasteiger partial charge in [0.1, 0.15) is 0 Å². The molecule has 29 heavy (non-hydrogen) atoms. The normalized spacial score (nSPS) is 13.5. The van der Waals surface area contributed by atoms with Gasteiger partial charge in [-0.1, -0.05) is 48.5 Å². The standard InChI is InChI=1S/C24H27N3O.ClH/c1-16-11-23(18(3)27(16)17(2)20-7-5-4-6-8-20)24(28)26-13-19-9-10-21-14-25-15-22(21)12-19;/h4-12,17,25H,13-15H2,1-3H3,(H,26,28);1H. The molecule has 5 heteroatoms. The lowest BCUT2D eigenvalue weighted by Gasteiger charge is -2.19. The molecule has 1 atom stereocenters. The van der Waals surface area contributed by atoms with E-state index in [1.54, 1.807) is 0 Å². The van der Waals surface area contributed by atoms with Crippen LogP contribution in [0.4, 0.5) is 0 Å². The van der Waals surface area contributed by atoms with Crippen molar-refractivity contribution in [3.63, 3.8) is 0 Å². The van der Waals surface area contributed by atoms with Crippen molar-refractivity contribution in [2.24, 2.45) is 0 Å². The molecule has 0 fully saturated rings. The number of nitrogens with zero attached hydrogens (tertiary/aromatic N) is 1. The molecule has 0 radical (unpaired) electrons. The molecule has 3 aromatic rings. The number of hydrogen-bond donors (Lipinski definition) is 2. The number of hydrogen-bond acceptors (Lipinski definition) is 2. The van der Waals surface area contributed by atoms with Crippen molar-refractivity contribution in [2.45, 2.75) is 46.4 Å². The highest BCUT2D eigenvalue weighted by molar-refractivity contribution is 5.95. The van der Waals surface area contributed by atoms with Crippen molar-refractivity contribution >= 4 is 18.3 Å². The number of aromatic nitrogens is 1. The summed E-state index contributed by atoms with van der Waals surface area (Å²) in [5, 5.41) is 6.45. The summed E-state index contributed by atoms with van der Waals surface area (Å²) in [6, 6.07) is 19.0. The van der Waals surface area contributed by atoms with E-state index in [0.717, 1.165) is 35.6 Å². The second kappa shape index (κ2) is 8.85. The van der Waals surface area contributed by atoms with Crippen LogP contribution in [0.1, 0.15) is 57.0 Å². The second-order valence-electron chi connectivity index (χ2n) is 7.63. The van der Waals surface area contributed by atoms with Gasteiger partial charge in [-0.05, 0) is 49.1 Å². The topological polar surface area (TPSA) is 46.1 Å². The molecular formula is C24H28ClN3O. The van der Waals surface area contributed by atoms with Crippen LogP contribution in [0.5, 0.6) is 0 Å². The maximum atomic E-state index is 12.9. The van der Waals surface area contributed by atoms with Gasteiger partial charge in [0.05, 0.1) is 11.6 Å². The third kappa shape index (κ3) is 4.24. The number of carbonyl (C=O) groups excluding carboxylic acids is 1. The fourth-order valence-electron chi connectivity index (χ4n) is 4.22. The molecule has 0 aliphatic carbocycles. The van der Waals surface area contributed by atoms with Crippen LogP contribution in [-0.4, -0.2) is 10.5 Å². The molecular weight excluding hydrogens is 382 g/mol. The average molecular weight is 410 g/mol. The minimum absolute atomic E-state index is 0. The molecule has 152 valence electrons. The SMILES string of the molecule is Cc1cc(C(=O)NCc2ccc3c(c2)CNC3)c(C)n1C(C)c1ccccc1.Cl. The van der Waals surface area contributed by atoms with Gasteiger partial charge in [-0.25, -0.2) is 0 Å². The van der Waals surface area contributed by atoms with E-state index in [1.165, 1.54) is 16.7 Å². The zero-order valence-electron chi connectivity index (χ0n) is 17.2. The summed E-state index contributed by atoms with van der Waals surface area (Å²) in [4.78, 5) is 12.9. The summed E-state index contributed by atoms with van der Waals surface area (Å²) in [6.07, 6.45) is 0. The molecule has 2 N–H and O–H groups in total. The van der Waals surface area contributed by atoms with Crippen molar-refractivity contribution < 1.29 is 4.79 Å². The summed E-state index contributed by atoms with van der Waals surface area (Å²) in [5.41, 5.74) is 7.93. The largest absolute Gasteiger partial charge is 0.348 e. The Morgan fingerprint density at radius 3 is 2.55 bits per heavy atom. The van der Waals surface area contributed by atoms with E-state index in [0.29, 0.717) is 6.54 Å². The smallest absolute Gasteiger partial charge is 0.253 e. The fourth-order valence-corrected chi connectivity index (χ4v) is 4.22. The number of amides is 1. The second-order valence-corrected chi connectivity index (χ2v) is 7.63. The molecule has 2 heterocycles. The summed E-state index contributed by atoms with van der Waals surface area (Å²) in [6.45, 7) is 8.67. The third-order valence-corrected chi connectivity index (χ3v) is 5.75. The van der Waals surface area contributed by atoms with Gasteiger partial charge >= 0.3 is 0 Å². The first kappa shape index (κ1) is 21.2. The Labute approximate surface area is 178 Å². The Kier molecular flexibility index (Phi) is 6.46. The lowest BCUT2D eigenvalue weighted by molar-refractivity contribution is 0.0950. The van der Waals surface area contributed by atoms with Gasteiger partial charge < -0.3 is 15.2 Å². The van der Waals surface area contributed by atoms with Crippen LogP contribution in [0, 0.1) is 13.8 Å². The molecule has 0 bridgehead atoms. The van der Waals surface area contributed by atoms with E-state index in [1.807, 2.05) is 19.1 Å². The van der Waals surface area contributed by atoms with Crippen LogP contribution in [0.15, 0.2) is 54.6 Å². The van der Waals surface area contributed by atoms with E-state index in [4.69, 9.17) is 0 Å². The Bertz CT molecular complexity index is 1010. The zero-order chi connectivity index (χ0) is 19.7. The number of benzene rings is 2. The number of rotatable bonds is 5. The maximum absolute atomic E-state index is 12.9. The highest BCUT2D eigenvalue weighted by Crippen LogP contribution is 2.25. The molecule has 0 saturated heterocycles. The van der Waals surface area contributed by atoms with Gasteiger partial charge in [0.25, 0.3) is 5.91 Å². The predicted octanol–water partition coefficient (Wildman–Crippen LogP) is 4.67. The average Bonchev–Trinajstić information content (AvgIpc) is 3.29. The quantitative estimate of drug-likeness (QED) is 0.643. The molecule has 1 aliphatic heterocycles. The zero-order valence-corrected chi connectivity index (χ0v) is 18.0. The highest BCUT2D eigenvalue weighted by Gasteiger charge is 2.19. The van der Waals surface area contributed by atoms with Crippen molar-refractivity contribution in [1.29, 1.82) is 0 Å². The minimum atomic E-state index is -0.0155. The van der Waals surface area contributed by atoms with Crippen LogP contribution in [0.2, 0.25) is 0 Å². The van der Waals surface area contributed by atoms with Gasteiger partial charge in [0.2, 0.25) is 0 Å². The van der Waals surface area contributed by atoms with Crippen LogP contribution in [0.25, 0.3) is 0 Å². The van der Waals surface area contributed by atoms with Crippen LogP contribution in [0.3, 0.4) is 0 Å². The Balaban J connectivity index is 0.00000240. The Hall–Kier alpha value is -2.56. The maximum Gasteiger partial charge on any atom is 0.253 e. The monoisotopic (exact) mass is 409 g/mol. The first-order chi connectivity index (χ1) is 13.5. The van der Waals surface area contributed by atoms with Crippen LogP contribution >= 0.6 is 12.4 Å². The Morgan fingerprint density at radius 2 is 1.79 bits per heavy atom. The van der Waals surface area contributed by atoms with Gasteiger partial charge in [-0.2, -0.15) is 0 Å². The summed E-state index contributed by atoms with van der Waals surface area (Å²) in [7, 11) is 0. The molecule has 1 aliphatic rings.